The molecule has 0 aliphatic heterocycles. The van der Waals surface area contributed by atoms with E-state index < -0.39 is 81.8 Å². The first-order chi connectivity index (χ1) is 29.3. The Kier molecular flexibility index (Phi) is 33.3. The molecule has 1 aliphatic rings. The van der Waals surface area contributed by atoms with Crippen molar-refractivity contribution in [2.45, 2.75) is 204 Å². The fourth-order valence-electron chi connectivity index (χ4n) is 6.51. The van der Waals surface area contributed by atoms with E-state index in [-0.39, 0.29) is 12.8 Å². The average Bonchev–Trinajstić information content (AvgIpc) is 3.24. The second-order valence-electron chi connectivity index (χ2n) is 15.7. The lowest BCUT2D eigenvalue weighted by Gasteiger charge is -2.41. The van der Waals surface area contributed by atoms with Crippen LogP contribution in [0.3, 0.4) is 0 Å². The van der Waals surface area contributed by atoms with E-state index in [1.54, 1.807) is 6.08 Å². The summed E-state index contributed by atoms with van der Waals surface area (Å²) in [6.07, 6.45) is 26.0. The highest BCUT2D eigenvalue weighted by Gasteiger charge is 2.51. The maximum Gasteiger partial charge on any atom is 0.472 e. The van der Waals surface area contributed by atoms with Crippen molar-refractivity contribution in [1.29, 1.82) is 0 Å². The van der Waals surface area contributed by atoms with E-state index in [9.17, 15) is 49.7 Å². The van der Waals surface area contributed by atoms with Crippen LogP contribution in [0, 0.1) is 0 Å². The summed E-state index contributed by atoms with van der Waals surface area (Å²) in [6.45, 7) is 3.03. The summed E-state index contributed by atoms with van der Waals surface area (Å²) in [6, 6.07) is 0. The molecule has 0 radical (unpaired) electrons. The van der Waals surface area contributed by atoms with Gasteiger partial charge >= 0.3 is 19.8 Å². The molecule has 15 heteroatoms. The van der Waals surface area contributed by atoms with Crippen LogP contribution >= 0.6 is 7.82 Å². The van der Waals surface area contributed by atoms with Crippen molar-refractivity contribution in [2.24, 2.45) is 0 Å². The Balaban J connectivity index is 2.53. The first kappa shape index (κ1) is 56.5. The molecule has 0 amide bonds. The molecule has 0 saturated heterocycles. The SMILES string of the molecule is CC/C=C\C=C\C(O)C/C=C\C/C=C\C/C=C\CCCC(=O)OC(COC(=O)CCCCCCCCCCCCCCCC)COP(=O)(O)OC1C(O)C(O)C(O)C(O)C1O. The van der Waals surface area contributed by atoms with Crippen molar-refractivity contribution in [2.75, 3.05) is 13.2 Å². The smallest absolute Gasteiger partial charge is 0.462 e. The summed E-state index contributed by atoms with van der Waals surface area (Å²) >= 11 is 0. The maximum absolute atomic E-state index is 12.8. The minimum Gasteiger partial charge on any atom is -0.462 e. The number of rotatable bonds is 36. The zero-order chi connectivity index (χ0) is 45.1. The van der Waals surface area contributed by atoms with E-state index in [2.05, 4.69) is 6.92 Å². The number of aliphatic hydroxyl groups excluding tert-OH is 6. The predicted octanol–water partition coefficient (Wildman–Crippen LogP) is 7.53. The van der Waals surface area contributed by atoms with Crippen LogP contribution in [0.15, 0.2) is 60.8 Å². The Hall–Kier alpha value is -2.49. The van der Waals surface area contributed by atoms with E-state index in [0.29, 0.717) is 32.1 Å². The van der Waals surface area contributed by atoms with Gasteiger partial charge in [0.05, 0.1) is 12.7 Å². The van der Waals surface area contributed by atoms with E-state index in [1.165, 1.54) is 64.2 Å². The molecule has 14 nitrogen and oxygen atoms in total. The Morgan fingerprint density at radius 2 is 1.11 bits per heavy atom. The summed E-state index contributed by atoms with van der Waals surface area (Å²) < 4.78 is 33.4. The average molecular weight is 887 g/mol. The summed E-state index contributed by atoms with van der Waals surface area (Å²) in [4.78, 5) is 35.6. The monoisotopic (exact) mass is 887 g/mol. The number of carbonyl (C=O) groups is 2. The van der Waals surface area contributed by atoms with Crippen LogP contribution in [0.25, 0.3) is 0 Å². The molecule has 0 aromatic rings. The number of aliphatic hydroxyl groups is 6. The minimum atomic E-state index is -5.15. The molecule has 1 fully saturated rings. The number of carbonyl (C=O) groups excluding carboxylic acids is 2. The van der Waals surface area contributed by atoms with Gasteiger partial charge in [0.15, 0.2) is 6.10 Å². The number of hydrogen-bond donors (Lipinski definition) is 7. The second-order valence-corrected chi connectivity index (χ2v) is 17.1. The molecule has 0 heterocycles. The summed E-state index contributed by atoms with van der Waals surface area (Å²) in [5.74, 6) is -1.20. The molecule has 0 aromatic heterocycles. The van der Waals surface area contributed by atoms with Gasteiger partial charge in [-0.25, -0.2) is 4.57 Å². The minimum absolute atomic E-state index is 0.00372. The van der Waals surface area contributed by atoms with Crippen LogP contribution in [0.4, 0.5) is 0 Å². The molecule has 7 unspecified atom stereocenters. The van der Waals surface area contributed by atoms with Crippen molar-refractivity contribution in [3.8, 4) is 0 Å². The Morgan fingerprint density at radius 3 is 1.69 bits per heavy atom. The number of phosphoric ester groups is 1. The lowest BCUT2D eigenvalue weighted by Crippen LogP contribution is -2.64. The van der Waals surface area contributed by atoms with Crippen molar-refractivity contribution < 1.29 is 68.2 Å². The fourth-order valence-corrected chi connectivity index (χ4v) is 7.48. The molecular weight excluding hydrogens is 807 g/mol. The summed E-state index contributed by atoms with van der Waals surface area (Å²) in [5, 5.41) is 60.0. The fraction of sp³-hybridized carbons (Fsp3) is 0.739. The highest BCUT2D eigenvalue weighted by atomic mass is 31.2. The first-order valence-electron chi connectivity index (χ1n) is 22.7. The molecule has 1 saturated carbocycles. The van der Waals surface area contributed by atoms with E-state index in [4.69, 9.17) is 18.5 Å². The number of phosphoric acid groups is 1. The Bertz CT molecular complexity index is 1320. The highest BCUT2D eigenvalue weighted by Crippen LogP contribution is 2.47. The second kappa shape index (κ2) is 35.9. The van der Waals surface area contributed by atoms with Crippen molar-refractivity contribution >= 4 is 19.8 Å². The zero-order valence-corrected chi connectivity index (χ0v) is 37.7. The molecule has 7 atom stereocenters. The summed E-state index contributed by atoms with van der Waals surface area (Å²) in [5.41, 5.74) is 0. The quantitative estimate of drug-likeness (QED) is 0.0106. The lowest BCUT2D eigenvalue weighted by molar-refractivity contribution is -0.220. The lowest BCUT2D eigenvalue weighted by atomic mass is 9.85. The van der Waals surface area contributed by atoms with Gasteiger partial charge in [0.2, 0.25) is 0 Å². The Labute approximate surface area is 365 Å². The van der Waals surface area contributed by atoms with Crippen molar-refractivity contribution in [1.82, 2.24) is 0 Å². The molecule has 7 N–H and O–H groups in total. The van der Waals surface area contributed by atoms with Crippen LogP contribution in [-0.2, 0) is 32.7 Å². The van der Waals surface area contributed by atoms with Gasteiger partial charge in [-0.15, -0.1) is 0 Å². The van der Waals surface area contributed by atoms with Crippen LogP contribution in [-0.4, -0.2) is 110 Å². The highest BCUT2D eigenvalue weighted by molar-refractivity contribution is 7.47. The number of ether oxygens (including phenoxy) is 2. The van der Waals surface area contributed by atoms with E-state index in [0.717, 1.165) is 32.1 Å². The molecule has 1 aliphatic carbocycles. The number of hydrogen-bond acceptors (Lipinski definition) is 13. The maximum atomic E-state index is 12.8. The van der Waals surface area contributed by atoms with Gasteiger partial charge in [0.1, 0.15) is 43.2 Å². The van der Waals surface area contributed by atoms with Crippen LogP contribution in [0.1, 0.15) is 155 Å². The van der Waals surface area contributed by atoms with Gasteiger partial charge in [-0.3, -0.25) is 18.6 Å². The molecule has 352 valence electrons. The molecule has 1 rings (SSSR count). The zero-order valence-electron chi connectivity index (χ0n) is 36.8. The van der Waals surface area contributed by atoms with E-state index in [1.807, 2.05) is 61.6 Å². The van der Waals surface area contributed by atoms with Gasteiger partial charge in [0.25, 0.3) is 0 Å². The van der Waals surface area contributed by atoms with Gasteiger partial charge in [0, 0.05) is 12.8 Å². The number of unbranched alkanes of at least 4 members (excludes halogenated alkanes) is 14. The molecule has 61 heavy (non-hydrogen) atoms. The van der Waals surface area contributed by atoms with Gasteiger partial charge < -0.3 is 45.0 Å². The summed E-state index contributed by atoms with van der Waals surface area (Å²) in [7, 11) is -5.15. The largest absolute Gasteiger partial charge is 0.472 e. The standard InChI is InChI=1S/C46H79O14P/c1-3-5-7-9-10-11-12-13-14-15-19-22-25-29-33-39(48)57-35-38(36-58-61(55,56)60-46-44(53)42(51)41(50)43(52)45(46)54)59-40(49)34-30-26-23-20-17-16-18-21-24-28-32-37(47)31-27-8-6-4-2/h6,8,16,18,20,23-24,27-28,31,37-38,41-47,50-54H,3-5,7,9-15,17,19,21-22,25-26,29-30,32-36H2,1-2H3,(H,55,56)/b8-6-,18-16-,23-20-,28-24-,31-27+. The first-order valence-corrected chi connectivity index (χ1v) is 24.2. The van der Waals surface area contributed by atoms with Crippen molar-refractivity contribution in [3.63, 3.8) is 0 Å². The van der Waals surface area contributed by atoms with Crippen LogP contribution < -0.4 is 0 Å². The normalized spacial score (nSPS) is 23.1. The van der Waals surface area contributed by atoms with E-state index >= 15 is 0 Å². The number of allylic oxidation sites excluding steroid dienone is 8. The number of esters is 2. The van der Waals surface area contributed by atoms with Crippen LogP contribution in [0.5, 0.6) is 0 Å². The van der Waals surface area contributed by atoms with Gasteiger partial charge in [-0.05, 0) is 44.9 Å². The molecule has 0 spiro atoms. The molecule has 0 aromatic carbocycles. The molecular formula is C46H79O14P. The predicted molar refractivity (Wildman–Crippen MR) is 236 cm³/mol. The van der Waals surface area contributed by atoms with Gasteiger partial charge in [-0.1, -0.05) is 158 Å². The van der Waals surface area contributed by atoms with Gasteiger partial charge in [-0.2, -0.15) is 0 Å². The Morgan fingerprint density at radius 1 is 0.607 bits per heavy atom. The topological polar surface area (TPSA) is 230 Å². The van der Waals surface area contributed by atoms with Crippen molar-refractivity contribution in [3.05, 3.63) is 60.8 Å². The van der Waals surface area contributed by atoms with Crippen LogP contribution in [0.2, 0.25) is 0 Å². The molecule has 0 bridgehead atoms. The third kappa shape index (κ3) is 28.7. The third-order valence-electron chi connectivity index (χ3n) is 10.2. The third-order valence-corrected chi connectivity index (χ3v) is 11.2.